The summed E-state index contributed by atoms with van der Waals surface area (Å²) in [4.78, 5) is 26.3. The van der Waals surface area contributed by atoms with Crippen molar-refractivity contribution in [2.45, 2.75) is 4.90 Å². The lowest BCUT2D eigenvalue weighted by atomic mass is 10.1. The van der Waals surface area contributed by atoms with Crippen LogP contribution in [0.4, 0.5) is 5.69 Å². The van der Waals surface area contributed by atoms with Crippen LogP contribution in [0.25, 0.3) is 0 Å². The van der Waals surface area contributed by atoms with E-state index < -0.39 is 0 Å². The predicted octanol–water partition coefficient (Wildman–Crippen LogP) is 4.94. The van der Waals surface area contributed by atoms with Crippen molar-refractivity contribution in [2.75, 3.05) is 32.4 Å². The molecule has 0 spiro atoms. The number of amides is 1. The van der Waals surface area contributed by atoms with Crippen molar-refractivity contribution >= 4 is 29.1 Å². The Morgan fingerprint density at radius 2 is 1.42 bits per heavy atom. The first-order valence-corrected chi connectivity index (χ1v) is 10.5. The quantitative estimate of drug-likeness (QED) is 0.378. The highest BCUT2D eigenvalue weighted by Gasteiger charge is 2.18. The van der Waals surface area contributed by atoms with Crippen molar-refractivity contribution in [3.63, 3.8) is 0 Å². The summed E-state index contributed by atoms with van der Waals surface area (Å²) in [6.07, 6.45) is 0. The normalized spacial score (nSPS) is 10.3. The first kappa shape index (κ1) is 22.2. The van der Waals surface area contributed by atoms with Crippen LogP contribution in [-0.4, -0.2) is 38.8 Å². The van der Waals surface area contributed by atoms with E-state index in [0.717, 1.165) is 4.90 Å². The maximum atomic E-state index is 12.9. The summed E-state index contributed by atoms with van der Waals surface area (Å²) in [6.45, 7) is 0. The molecule has 0 unspecified atom stereocenters. The van der Waals surface area contributed by atoms with Crippen molar-refractivity contribution < 1.29 is 23.8 Å². The third-order valence-electron chi connectivity index (χ3n) is 4.52. The fraction of sp³-hybridized carbons (Fsp3) is 0.167. The van der Waals surface area contributed by atoms with E-state index in [-0.39, 0.29) is 17.4 Å². The van der Waals surface area contributed by atoms with Gasteiger partial charge in [-0.25, -0.2) is 0 Å². The Morgan fingerprint density at radius 1 is 0.806 bits per heavy atom. The molecule has 1 N–H and O–H groups in total. The van der Waals surface area contributed by atoms with Crippen molar-refractivity contribution in [3.05, 3.63) is 77.9 Å². The number of carbonyl (C=O) groups excluding carboxylic acids is 2. The first-order valence-electron chi connectivity index (χ1n) is 9.48. The van der Waals surface area contributed by atoms with Gasteiger partial charge in [0.05, 0.1) is 32.6 Å². The highest BCUT2D eigenvalue weighted by Crippen LogP contribution is 2.30. The van der Waals surface area contributed by atoms with Crippen LogP contribution in [-0.2, 0) is 0 Å². The van der Waals surface area contributed by atoms with Gasteiger partial charge >= 0.3 is 0 Å². The minimum atomic E-state index is -0.346. The summed E-state index contributed by atoms with van der Waals surface area (Å²) in [5.41, 5.74) is 1.47. The van der Waals surface area contributed by atoms with Crippen LogP contribution in [0, 0.1) is 0 Å². The van der Waals surface area contributed by atoms with Crippen LogP contribution in [0.1, 0.15) is 20.7 Å². The van der Waals surface area contributed by atoms with E-state index in [1.807, 2.05) is 30.3 Å². The van der Waals surface area contributed by atoms with Crippen LogP contribution in [0.3, 0.4) is 0 Å². The van der Waals surface area contributed by atoms with Gasteiger partial charge in [0.1, 0.15) is 22.8 Å². The molecular formula is C24H23NO5S. The molecule has 3 rings (SSSR count). The Balaban J connectivity index is 1.71. The average molecular weight is 438 g/mol. The van der Waals surface area contributed by atoms with Gasteiger partial charge < -0.3 is 19.5 Å². The monoisotopic (exact) mass is 437 g/mol. The summed E-state index contributed by atoms with van der Waals surface area (Å²) in [5.74, 6) is 1.27. The lowest BCUT2D eigenvalue weighted by Gasteiger charge is -2.13. The van der Waals surface area contributed by atoms with Crippen LogP contribution >= 0.6 is 11.8 Å². The Labute approximate surface area is 185 Å². The molecule has 0 saturated carbocycles. The molecule has 3 aromatic rings. The van der Waals surface area contributed by atoms with Gasteiger partial charge in [-0.3, -0.25) is 9.59 Å². The number of rotatable bonds is 9. The maximum absolute atomic E-state index is 12.9. The average Bonchev–Trinajstić information content (AvgIpc) is 2.82. The van der Waals surface area contributed by atoms with Crippen molar-refractivity contribution in [1.29, 1.82) is 0 Å². The number of hydrogen-bond acceptors (Lipinski definition) is 6. The van der Waals surface area contributed by atoms with Gasteiger partial charge in [0, 0.05) is 10.6 Å². The number of hydrogen-bond donors (Lipinski definition) is 1. The summed E-state index contributed by atoms with van der Waals surface area (Å²) >= 11 is 1.39. The zero-order chi connectivity index (χ0) is 22.2. The molecule has 0 atom stereocenters. The van der Waals surface area contributed by atoms with Gasteiger partial charge in [0.2, 0.25) is 0 Å². The second kappa shape index (κ2) is 10.5. The summed E-state index contributed by atoms with van der Waals surface area (Å²) in [5, 5.41) is 2.87. The van der Waals surface area contributed by atoms with Crippen molar-refractivity contribution in [3.8, 4) is 17.2 Å². The fourth-order valence-corrected chi connectivity index (χ4v) is 3.87. The van der Waals surface area contributed by atoms with Gasteiger partial charge in [0.25, 0.3) is 5.91 Å². The third-order valence-corrected chi connectivity index (χ3v) is 5.52. The van der Waals surface area contributed by atoms with E-state index in [1.165, 1.54) is 26.0 Å². The molecule has 3 aromatic carbocycles. The number of Topliss-reactive ketones (excluding diaryl/α,β-unsaturated/α-hetero) is 1. The highest BCUT2D eigenvalue weighted by molar-refractivity contribution is 8.00. The van der Waals surface area contributed by atoms with Crippen LogP contribution in [0.15, 0.2) is 71.6 Å². The first-order chi connectivity index (χ1) is 15.1. The molecule has 0 radical (unpaired) electrons. The Hall–Kier alpha value is -3.45. The van der Waals surface area contributed by atoms with Gasteiger partial charge in [0.15, 0.2) is 5.78 Å². The zero-order valence-electron chi connectivity index (χ0n) is 17.5. The Bertz CT molecular complexity index is 1060. The van der Waals surface area contributed by atoms with Crippen molar-refractivity contribution in [1.82, 2.24) is 0 Å². The van der Waals surface area contributed by atoms with Gasteiger partial charge in [-0.15, -0.1) is 11.8 Å². The number of carbonyl (C=O) groups is 2. The predicted molar refractivity (Wildman–Crippen MR) is 122 cm³/mol. The molecule has 7 heteroatoms. The summed E-state index contributed by atoms with van der Waals surface area (Å²) in [7, 11) is 4.55. The zero-order valence-corrected chi connectivity index (χ0v) is 18.3. The molecule has 0 aliphatic rings. The minimum absolute atomic E-state index is 0.0318. The van der Waals surface area contributed by atoms with E-state index in [1.54, 1.807) is 43.5 Å². The van der Waals surface area contributed by atoms with Gasteiger partial charge in [-0.2, -0.15) is 0 Å². The standard InChI is InChI=1S/C24H23NO5S/c1-28-20-11-5-4-10-18(20)19(26)15-31-17-9-6-8-16(14-17)25-24(27)23-21(29-2)12-7-13-22(23)30-3/h4-14H,15H2,1-3H3,(H,25,27). The number of anilines is 1. The topological polar surface area (TPSA) is 73.9 Å². The molecule has 1 amide bonds. The van der Waals surface area contributed by atoms with E-state index in [0.29, 0.717) is 34.1 Å². The number of para-hydroxylation sites is 1. The molecule has 0 bridgehead atoms. The molecule has 160 valence electrons. The maximum Gasteiger partial charge on any atom is 0.263 e. The molecule has 0 aliphatic carbocycles. The van der Waals surface area contributed by atoms with Crippen LogP contribution in [0.2, 0.25) is 0 Å². The number of benzene rings is 3. The number of methoxy groups -OCH3 is 3. The molecular weight excluding hydrogens is 414 g/mol. The Morgan fingerprint density at radius 3 is 2.10 bits per heavy atom. The molecule has 0 heterocycles. The van der Waals surface area contributed by atoms with Gasteiger partial charge in [-0.05, 0) is 42.5 Å². The highest BCUT2D eigenvalue weighted by atomic mass is 32.2. The Kier molecular flexibility index (Phi) is 7.56. The second-order valence-electron chi connectivity index (χ2n) is 6.43. The summed E-state index contributed by atoms with van der Waals surface area (Å²) < 4.78 is 15.9. The number of ether oxygens (including phenoxy) is 3. The molecule has 0 aliphatic heterocycles. The fourth-order valence-electron chi connectivity index (χ4n) is 3.03. The molecule has 0 fully saturated rings. The summed E-state index contributed by atoms with van der Waals surface area (Å²) in [6, 6.07) is 19.6. The largest absolute Gasteiger partial charge is 0.496 e. The van der Waals surface area contributed by atoms with E-state index in [2.05, 4.69) is 5.32 Å². The SMILES string of the molecule is COc1ccccc1C(=O)CSc1cccc(NC(=O)c2c(OC)cccc2OC)c1. The molecule has 0 saturated heterocycles. The smallest absolute Gasteiger partial charge is 0.263 e. The lowest BCUT2D eigenvalue weighted by molar-refractivity contribution is 0.101. The molecule has 0 aromatic heterocycles. The van der Waals surface area contributed by atoms with Gasteiger partial charge in [-0.1, -0.05) is 24.3 Å². The minimum Gasteiger partial charge on any atom is -0.496 e. The second-order valence-corrected chi connectivity index (χ2v) is 7.48. The number of ketones is 1. The van der Waals surface area contributed by atoms with E-state index >= 15 is 0 Å². The number of thioether (sulfide) groups is 1. The van der Waals surface area contributed by atoms with E-state index in [4.69, 9.17) is 14.2 Å². The number of nitrogens with one attached hydrogen (secondary N) is 1. The van der Waals surface area contributed by atoms with Crippen molar-refractivity contribution in [2.24, 2.45) is 0 Å². The van der Waals surface area contributed by atoms with Crippen LogP contribution in [0.5, 0.6) is 17.2 Å². The molecule has 6 nitrogen and oxygen atoms in total. The molecule has 31 heavy (non-hydrogen) atoms. The third kappa shape index (κ3) is 5.38. The van der Waals surface area contributed by atoms with Crippen LogP contribution < -0.4 is 19.5 Å². The van der Waals surface area contributed by atoms with E-state index in [9.17, 15) is 9.59 Å². The lowest BCUT2D eigenvalue weighted by Crippen LogP contribution is -2.14.